The van der Waals surface area contributed by atoms with Gasteiger partial charge in [-0.1, -0.05) is 12.8 Å². The Morgan fingerprint density at radius 3 is 2.50 bits per heavy atom. The molecule has 0 N–H and O–H groups in total. The van der Waals surface area contributed by atoms with Crippen molar-refractivity contribution in [2.75, 3.05) is 7.11 Å². The summed E-state index contributed by atoms with van der Waals surface area (Å²) in [4.78, 5) is 15.2. The molecule has 1 aliphatic rings. The lowest BCUT2D eigenvalue weighted by atomic mass is 9.85. The smallest absolute Gasteiger partial charge is 0.235 e. The van der Waals surface area contributed by atoms with Crippen LogP contribution in [0.4, 0.5) is 0 Å². The van der Waals surface area contributed by atoms with Gasteiger partial charge in [0, 0.05) is 10.9 Å². The maximum Gasteiger partial charge on any atom is 0.235 e. The second kappa shape index (κ2) is 4.75. The molecule has 1 fully saturated rings. The predicted octanol–water partition coefficient (Wildman–Crippen LogP) is 4.29. The van der Waals surface area contributed by atoms with E-state index in [0.29, 0.717) is 16.9 Å². The zero-order valence-corrected chi connectivity index (χ0v) is 12.2. The van der Waals surface area contributed by atoms with E-state index in [2.05, 4.69) is 4.99 Å². The Kier molecular flexibility index (Phi) is 2.84. The van der Waals surface area contributed by atoms with Crippen molar-refractivity contribution in [1.82, 2.24) is 0 Å². The number of methoxy groups -OCH3 is 1. The highest BCUT2D eigenvalue weighted by Gasteiger charge is 2.40. The van der Waals surface area contributed by atoms with Gasteiger partial charge >= 0.3 is 0 Å². The minimum absolute atomic E-state index is 0.577. The molecule has 0 unspecified atom stereocenters. The molecular weight excluding hydrogens is 282 g/mol. The Hall–Kier alpha value is -2.52. The molecule has 0 bridgehead atoms. The fraction of sp³-hybridized carbons (Fsp3) is 0.353. The molecule has 2 heterocycles. The fourth-order valence-electron chi connectivity index (χ4n) is 3.74. The molecular formula is C17H15NO4. The average molecular weight is 297 g/mol. The lowest BCUT2D eigenvalue weighted by molar-refractivity contribution is 0.413. The first-order chi connectivity index (χ1) is 10.8. The van der Waals surface area contributed by atoms with E-state index in [9.17, 15) is 4.79 Å². The third-order valence-electron chi connectivity index (χ3n) is 4.64. The minimum atomic E-state index is -0.577. The molecule has 0 aliphatic heterocycles. The summed E-state index contributed by atoms with van der Waals surface area (Å²) in [5, 5.41) is 1.73. The maximum absolute atomic E-state index is 11.0. The first-order valence-electron chi connectivity index (χ1n) is 7.34. The predicted molar refractivity (Wildman–Crippen MR) is 80.8 cm³/mol. The van der Waals surface area contributed by atoms with E-state index in [4.69, 9.17) is 13.6 Å². The number of hydrogen-bond donors (Lipinski definition) is 0. The van der Waals surface area contributed by atoms with Crippen molar-refractivity contribution in [3.05, 3.63) is 30.2 Å². The molecule has 0 atom stereocenters. The number of carbonyl (C=O) groups excluding carboxylic acids is 1. The molecule has 2 aromatic heterocycles. The van der Waals surface area contributed by atoms with Crippen LogP contribution in [0.25, 0.3) is 21.9 Å². The highest BCUT2D eigenvalue weighted by Crippen LogP contribution is 2.50. The average Bonchev–Trinajstić information content (AvgIpc) is 3.25. The van der Waals surface area contributed by atoms with Crippen molar-refractivity contribution in [1.29, 1.82) is 0 Å². The Morgan fingerprint density at radius 2 is 1.82 bits per heavy atom. The van der Waals surface area contributed by atoms with Gasteiger partial charge in [0.1, 0.15) is 11.1 Å². The lowest BCUT2D eigenvalue weighted by Gasteiger charge is -2.24. The Morgan fingerprint density at radius 1 is 1.14 bits per heavy atom. The van der Waals surface area contributed by atoms with Crippen molar-refractivity contribution < 1.29 is 18.4 Å². The SMILES string of the molecule is COc1c2ccoc2c(C2(N=C=O)CCCC2)c2ccoc12. The summed E-state index contributed by atoms with van der Waals surface area (Å²) < 4.78 is 16.9. The van der Waals surface area contributed by atoms with E-state index in [0.717, 1.165) is 42.0 Å². The monoisotopic (exact) mass is 297 g/mol. The summed E-state index contributed by atoms with van der Waals surface area (Å²) in [5.74, 6) is 0.649. The quantitative estimate of drug-likeness (QED) is 0.534. The van der Waals surface area contributed by atoms with E-state index in [1.54, 1.807) is 25.7 Å². The van der Waals surface area contributed by atoms with Gasteiger partial charge in [-0.15, -0.1) is 0 Å². The Labute approximate surface area is 126 Å². The van der Waals surface area contributed by atoms with E-state index in [1.807, 2.05) is 12.1 Å². The molecule has 4 rings (SSSR count). The van der Waals surface area contributed by atoms with Crippen LogP contribution in [0, 0.1) is 0 Å². The molecule has 0 saturated heterocycles. The summed E-state index contributed by atoms with van der Waals surface area (Å²) in [5.41, 5.74) is 1.72. The van der Waals surface area contributed by atoms with Gasteiger partial charge < -0.3 is 13.6 Å². The Bertz CT molecular complexity index is 840. The number of benzene rings is 1. The van der Waals surface area contributed by atoms with Crippen molar-refractivity contribution in [3.8, 4) is 5.75 Å². The van der Waals surface area contributed by atoms with Crippen molar-refractivity contribution in [2.45, 2.75) is 31.2 Å². The van der Waals surface area contributed by atoms with E-state index in [-0.39, 0.29) is 0 Å². The van der Waals surface area contributed by atoms with Crippen LogP contribution in [-0.2, 0) is 10.3 Å². The highest BCUT2D eigenvalue weighted by atomic mass is 16.5. The van der Waals surface area contributed by atoms with E-state index >= 15 is 0 Å². The number of nitrogens with zero attached hydrogens (tertiary/aromatic N) is 1. The second-order valence-corrected chi connectivity index (χ2v) is 5.68. The molecule has 1 saturated carbocycles. The topological polar surface area (TPSA) is 64.9 Å². The fourth-order valence-corrected chi connectivity index (χ4v) is 3.74. The molecule has 3 aromatic rings. The number of isocyanates is 1. The zero-order valence-electron chi connectivity index (χ0n) is 12.2. The number of aliphatic imine (C=N–C) groups is 1. The molecule has 1 aromatic carbocycles. The van der Waals surface area contributed by atoms with Crippen LogP contribution in [0.5, 0.6) is 5.75 Å². The molecule has 5 nitrogen and oxygen atoms in total. The zero-order chi connectivity index (χ0) is 15.2. The van der Waals surface area contributed by atoms with Crippen LogP contribution >= 0.6 is 0 Å². The maximum atomic E-state index is 11.0. The van der Waals surface area contributed by atoms with Crippen LogP contribution in [0.3, 0.4) is 0 Å². The van der Waals surface area contributed by atoms with Crippen molar-refractivity contribution in [3.63, 3.8) is 0 Å². The first-order valence-corrected chi connectivity index (χ1v) is 7.34. The van der Waals surface area contributed by atoms with Gasteiger partial charge in [0.2, 0.25) is 6.08 Å². The summed E-state index contributed by atoms with van der Waals surface area (Å²) in [6.45, 7) is 0. The molecule has 0 amide bonds. The molecule has 112 valence electrons. The number of fused-ring (bicyclic) bond motifs is 2. The van der Waals surface area contributed by atoms with Gasteiger partial charge in [-0.25, -0.2) is 4.79 Å². The normalized spacial score (nSPS) is 17.0. The van der Waals surface area contributed by atoms with Gasteiger partial charge in [-0.05, 0) is 25.0 Å². The van der Waals surface area contributed by atoms with E-state index < -0.39 is 5.54 Å². The van der Waals surface area contributed by atoms with Crippen LogP contribution in [0.15, 0.2) is 38.5 Å². The van der Waals surface area contributed by atoms with Gasteiger partial charge in [-0.3, -0.25) is 0 Å². The minimum Gasteiger partial charge on any atom is -0.492 e. The highest BCUT2D eigenvalue weighted by molar-refractivity contribution is 6.05. The lowest BCUT2D eigenvalue weighted by Crippen LogP contribution is -2.19. The summed E-state index contributed by atoms with van der Waals surface area (Å²) in [6, 6.07) is 3.74. The number of hydrogen-bond acceptors (Lipinski definition) is 5. The van der Waals surface area contributed by atoms with Crippen LogP contribution < -0.4 is 4.74 Å². The molecule has 0 spiro atoms. The number of rotatable bonds is 3. The standard InChI is InChI=1S/C17H15NO4/c1-20-15-12-5-9-21-14(12)13(11-4-8-22-16(11)15)17(18-10-19)6-2-3-7-17/h4-5,8-9H,2-3,6-7H2,1H3. The van der Waals surface area contributed by atoms with Crippen molar-refractivity contribution >= 4 is 28.0 Å². The van der Waals surface area contributed by atoms with Gasteiger partial charge in [-0.2, -0.15) is 4.99 Å². The molecule has 5 heteroatoms. The number of furan rings is 2. The summed E-state index contributed by atoms with van der Waals surface area (Å²) in [7, 11) is 1.61. The van der Waals surface area contributed by atoms with Crippen LogP contribution in [-0.4, -0.2) is 13.2 Å². The van der Waals surface area contributed by atoms with Crippen LogP contribution in [0.2, 0.25) is 0 Å². The third-order valence-corrected chi connectivity index (χ3v) is 4.64. The molecule has 1 aliphatic carbocycles. The second-order valence-electron chi connectivity index (χ2n) is 5.68. The largest absolute Gasteiger partial charge is 0.492 e. The van der Waals surface area contributed by atoms with Crippen LogP contribution in [0.1, 0.15) is 31.2 Å². The Balaban J connectivity index is 2.18. The van der Waals surface area contributed by atoms with Crippen molar-refractivity contribution in [2.24, 2.45) is 4.99 Å². The van der Waals surface area contributed by atoms with Gasteiger partial charge in [0.05, 0.1) is 25.0 Å². The third kappa shape index (κ3) is 1.60. The number of ether oxygens (including phenoxy) is 1. The first kappa shape index (κ1) is 13.2. The van der Waals surface area contributed by atoms with Gasteiger partial charge in [0.25, 0.3) is 0 Å². The summed E-state index contributed by atoms with van der Waals surface area (Å²) >= 11 is 0. The summed E-state index contributed by atoms with van der Waals surface area (Å²) in [6.07, 6.45) is 8.69. The van der Waals surface area contributed by atoms with E-state index in [1.165, 1.54) is 0 Å². The molecule has 22 heavy (non-hydrogen) atoms. The van der Waals surface area contributed by atoms with Gasteiger partial charge in [0.15, 0.2) is 11.3 Å². The molecule has 0 radical (unpaired) electrons.